The molecule has 152 valence electrons. The molecule has 0 saturated carbocycles. The van der Waals surface area contributed by atoms with E-state index in [-0.39, 0.29) is 5.57 Å². The van der Waals surface area contributed by atoms with Crippen molar-refractivity contribution in [2.24, 2.45) is 0 Å². The van der Waals surface area contributed by atoms with Crippen molar-refractivity contribution < 1.29 is 14.3 Å². The average molecular weight is 412 g/mol. The quantitative estimate of drug-likeness (QED) is 0.411. The minimum Gasteiger partial charge on any atom is -0.465 e. The van der Waals surface area contributed by atoms with Crippen LogP contribution in [0.2, 0.25) is 0 Å². The molecule has 29 heavy (non-hydrogen) atoms. The predicted octanol–water partition coefficient (Wildman–Crippen LogP) is 4.54. The van der Waals surface area contributed by atoms with Gasteiger partial charge in [-0.1, -0.05) is 12.1 Å². The second-order valence-electron chi connectivity index (χ2n) is 6.37. The number of amides is 1. The maximum Gasteiger partial charge on any atom is 0.341 e. The summed E-state index contributed by atoms with van der Waals surface area (Å²) in [4.78, 5) is 27.8. The monoisotopic (exact) mass is 411 g/mol. The molecule has 0 saturated heterocycles. The number of anilines is 2. The van der Waals surface area contributed by atoms with Gasteiger partial charge in [0, 0.05) is 23.7 Å². The number of hydrogen-bond acceptors (Lipinski definition) is 6. The van der Waals surface area contributed by atoms with Gasteiger partial charge in [0.25, 0.3) is 5.91 Å². The van der Waals surface area contributed by atoms with Gasteiger partial charge in [0.2, 0.25) is 0 Å². The van der Waals surface area contributed by atoms with Crippen molar-refractivity contribution in [3.8, 4) is 6.07 Å². The Kier molecular flexibility index (Phi) is 7.57. The van der Waals surface area contributed by atoms with E-state index >= 15 is 0 Å². The largest absolute Gasteiger partial charge is 0.465 e. The number of nitrogens with zero attached hydrogens (tertiary/aromatic N) is 2. The minimum atomic E-state index is -0.563. The Hall–Kier alpha value is -3.11. The van der Waals surface area contributed by atoms with Gasteiger partial charge in [-0.3, -0.25) is 4.79 Å². The van der Waals surface area contributed by atoms with Gasteiger partial charge in [-0.2, -0.15) is 5.26 Å². The first-order chi connectivity index (χ1) is 13.9. The summed E-state index contributed by atoms with van der Waals surface area (Å²) in [5.74, 6) is -1.08. The van der Waals surface area contributed by atoms with Crippen molar-refractivity contribution in [3.63, 3.8) is 0 Å². The summed E-state index contributed by atoms with van der Waals surface area (Å²) in [7, 11) is 1.29. The van der Waals surface area contributed by atoms with Gasteiger partial charge in [0.1, 0.15) is 16.6 Å². The Morgan fingerprint density at radius 1 is 1.21 bits per heavy atom. The first-order valence-electron chi connectivity index (χ1n) is 9.32. The van der Waals surface area contributed by atoms with E-state index in [1.54, 1.807) is 6.92 Å². The van der Waals surface area contributed by atoms with E-state index in [1.807, 2.05) is 37.3 Å². The van der Waals surface area contributed by atoms with E-state index in [2.05, 4.69) is 24.1 Å². The van der Waals surface area contributed by atoms with Crippen LogP contribution in [0.5, 0.6) is 0 Å². The maximum absolute atomic E-state index is 12.6. The number of rotatable bonds is 7. The molecule has 0 spiro atoms. The average Bonchev–Trinajstić information content (AvgIpc) is 3.00. The minimum absolute atomic E-state index is 0.0416. The zero-order valence-corrected chi connectivity index (χ0v) is 18.1. The summed E-state index contributed by atoms with van der Waals surface area (Å²) in [6.07, 6.45) is 1.53. The van der Waals surface area contributed by atoms with Crippen molar-refractivity contribution in [2.45, 2.75) is 27.7 Å². The normalized spacial score (nSPS) is 11.0. The Balaban J connectivity index is 2.27. The fourth-order valence-electron chi connectivity index (χ4n) is 2.92. The second-order valence-corrected chi connectivity index (χ2v) is 7.59. The molecule has 1 aromatic heterocycles. The third-order valence-corrected chi connectivity index (χ3v) is 5.82. The SMILES string of the molecule is CCN(CC)c1ccc(C=C(C#N)C(=O)Nc2sc(C)c(C)c2C(=O)OC)cc1. The van der Waals surface area contributed by atoms with Crippen LogP contribution in [0.3, 0.4) is 0 Å². The molecule has 7 heteroatoms. The van der Waals surface area contributed by atoms with Crippen LogP contribution in [0.15, 0.2) is 29.8 Å². The summed E-state index contributed by atoms with van der Waals surface area (Å²) in [5.41, 5.74) is 2.87. The highest BCUT2D eigenvalue weighted by molar-refractivity contribution is 7.16. The number of benzene rings is 1. The molecule has 0 aliphatic carbocycles. The number of carbonyl (C=O) groups excluding carboxylic acids is 2. The molecule has 0 bridgehead atoms. The fourth-order valence-corrected chi connectivity index (χ4v) is 3.96. The molecule has 1 aromatic carbocycles. The number of ether oxygens (including phenoxy) is 1. The van der Waals surface area contributed by atoms with Gasteiger partial charge in [0.05, 0.1) is 12.7 Å². The lowest BCUT2D eigenvalue weighted by Gasteiger charge is -2.20. The van der Waals surface area contributed by atoms with E-state index in [0.717, 1.165) is 34.8 Å². The Morgan fingerprint density at radius 3 is 2.34 bits per heavy atom. The molecule has 0 aliphatic rings. The van der Waals surface area contributed by atoms with Gasteiger partial charge >= 0.3 is 5.97 Å². The van der Waals surface area contributed by atoms with Crippen LogP contribution in [0.1, 0.15) is 40.2 Å². The van der Waals surface area contributed by atoms with Crippen molar-refractivity contribution in [1.29, 1.82) is 5.26 Å². The number of nitrogens with one attached hydrogen (secondary N) is 1. The van der Waals surface area contributed by atoms with Gasteiger partial charge in [-0.15, -0.1) is 11.3 Å². The third kappa shape index (κ3) is 5.04. The number of carbonyl (C=O) groups is 2. The van der Waals surface area contributed by atoms with Crippen molar-refractivity contribution in [3.05, 3.63) is 51.4 Å². The lowest BCUT2D eigenvalue weighted by Crippen LogP contribution is -2.21. The van der Waals surface area contributed by atoms with Crippen LogP contribution in [-0.2, 0) is 9.53 Å². The van der Waals surface area contributed by atoms with Crippen molar-refractivity contribution in [1.82, 2.24) is 0 Å². The van der Waals surface area contributed by atoms with E-state index in [0.29, 0.717) is 10.6 Å². The molecule has 0 atom stereocenters. The van der Waals surface area contributed by atoms with Gasteiger partial charge < -0.3 is 15.0 Å². The zero-order chi connectivity index (χ0) is 21.6. The molecule has 0 fully saturated rings. The van der Waals surface area contributed by atoms with Crippen LogP contribution in [0, 0.1) is 25.2 Å². The summed E-state index contributed by atoms with van der Waals surface area (Å²) in [6, 6.07) is 9.62. The fraction of sp³-hybridized carbons (Fsp3) is 0.318. The standard InChI is InChI=1S/C22H25N3O3S/c1-6-25(7-2)18-10-8-16(9-11-18)12-17(13-23)20(26)24-21-19(22(27)28-5)14(3)15(4)29-21/h8-12H,6-7H2,1-5H3,(H,24,26). The molecule has 2 aromatic rings. The highest BCUT2D eigenvalue weighted by atomic mass is 32.1. The smallest absolute Gasteiger partial charge is 0.341 e. The highest BCUT2D eigenvalue weighted by Crippen LogP contribution is 2.33. The van der Waals surface area contributed by atoms with E-state index < -0.39 is 11.9 Å². The van der Waals surface area contributed by atoms with Crippen LogP contribution in [0.25, 0.3) is 6.08 Å². The molecule has 1 N–H and O–H groups in total. The molecule has 1 amide bonds. The number of aryl methyl sites for hydroxylation is 1. The topological polar surface area (TPSA) is 82.4 Å². The number of hydrogen-bond donors (Lipinski definition) is 1. The first-order valence-corrected chi connectivity index (χ1v) is 10.1. The lowest BCUT2D eigenvalue weighted by molar-refractivity contribution is -0.112. The van der Waals surface area contributed by atoms with Crippen LogP contribution in [0.4, 0.5) is 10.7 Å². The van der Waals surface area contributed by atoms with Gasteiger partial charge in [-0.25, -0.2) is 4.79 Å². The van der Waals surface area contributed by atoms with E-state index in [1.165, 1.54) is 24.5 Å². The summed E-state index contributed by atoms with van der Waals surface area (Å²) >= 11 is 1.28. The predicted molar refractivity (Wildman–Crippen MR) is 117 cm³/mol. The Bertz CT molecular complexity index is 964. The third-order valence-electron chi connectivity index (χ3n) is 4.70. The summed E-state index contributed by atoms with van der Waals surface area (Å²) < 4.78 is 4.82. The Morgan fingerprint density at radius 2 is 1.83 bits per heavy atom. The molecule has 0 radical (unpaired) electrons. The second kappa shape index (κ2) is 9.89. The van der Waals surface area contributed by atoms with Crippen LogP contribution in [-0.4, -0.2) is 32.1 Å². The molecule has 1 heterocycles. The number of methoxy groups -OCH3 is 1. The summed E-state index contributed by atoms with van der Waals surface area (Å²) in [5, 5.41) is 12.5. The van der Waals surface area contributed by atoms with E-state index in [9.17, 15) is 14.9 Å². The van der Waals surface area contributed by atoms with Gasteiger partial charge in [-0.05, 0) is 57.0 Å². The maximum atomic E-state index is 12.6. The zero-order valence-electron chi connectivity index (χ0n) is 17.3. The van der Waals surface area contributed by atoms with Crippen molar-refractivity contribution >= 4 is 40.0 Å². The number of thiophene rings is 1. The highest BCUT2D eigenvalue weighted by Gasteiger charge is 2.22. The lowest BCUT2D eigenvalue weighted by atomic mass is 10.1. The van der Waals surface area contributed by atoms with E-state index in [4.69, 9.17) is 4.74 Å². The molecule has 2 rings (SSSR count). The van der Waals surface area contributed by atoms with Gasteiger partial charge in [0.15, 0.2) is 0 Å². The molecule has 0 unspecified atom stereocenters. The molecule has 0 aliphatic heterocycles. The van der Waals surface area contributed by atoms with Crippen LogP contribution < -0.4 is 10.2 Å². The Labute approximate surface area is 175 Å². The van der Waals surface area contributed by atoms with Crippen molar-refractivity contribution in [2.75, 3.05) is 30.4 Å². The summed E-state index contributed by atoms with van der Waals surface area (Å²) in [6.45, 7) is 9.64. The number of nitriles is 1. The first kappa shape index (κ1) is 22.2. The molecular formula is C22H25N3O3S. The number of esters is 1. The molecule has 6 nitrogen and oxygen atoms in total. The molecular weight excluding hydrogens is 386 g/mol. The van der Waals surface area contributed by atoms with Crippen LogP contribution >= 0.6 is 11.3 Å².